The Morgan fingerprint density at radius 1 is 0.923 bits per heavy atom. The van der Waals surface area contributed by atoms with Gasteiger partial charge in [-0.05, 0) is 67.9 Å². The topological polar surface area (TPSA) is 175 Å². The van der Waals surface area contributed by atoms with Crippen LogP contribution in [0.1, 0.15) is 61.1 Å². The Balaban J connectivity index is 1.35. The van der Waals surface area contributed by atoms with Gasteiger partial charge < -0.3 is 40.5 Å². The SMILES string of the molecule is O=C(NC1CNCCC[C@H]1OC(=O)c1cc(O)c(C2OC(=O)c3cccc(O)c32)c(O)c1)c1ccc(O)cc1. The van der Waals surface area contributed by atoms with Crippen molar-refractivity contribution in [1.29, 1.82) is 0 Å². The van der Waals surface area contributed by atoms with Crippen LogP contribution in [0.5, 0.6) is 23.0 Å². The molecule has 1 saturated heterocycles. The molecular weight excluding hydrogens is 508 g/mol. The Bertz CT molecular complexity index is 1410. The van der Waals surface area contributed by atoms with Gasteiger partial charge >= 0.3 is 11.9 Å². The normalized spacial score (nSPS) is 20.4. The van der Waals surface area contributed by atoms with Crippen LogP contribution >= 0.6 is 0 Å². The van der Waals surface area contributed by atoms with Crippen LogP contribution in [0.3, 0.4) is 0 Å². The smallest absolute Gasteiger partial charge is 0.339 e. The van der Waals surface area contributed by atoms with E-state index in [9.17, 15) is 34.8 Å². The number of cyclic esters (lactones) is 1. The van der Waals surface area contributed by atoms with Crippen molar-refractivity contribution in [3.05, 3.63) is 82.4 Å². The number of hydrogen-bond acceptors (Lipinski definition) is 10. The number of nitrogens with one attached hydrogen (secondary N) is 2. The number of amides is 1. The van der Waals surface area contributed by atoms with E-state index in [1.165, 1.54) is 42.5 Å². The number of fused-ring (bicyclic) bond motifs is 1. The molecule has 0 bridgehead atoms. The maximum atomic E-state index is 13.1. The summed E-state index contributed by atoms with van der Waals surface area (Å²) < 4.78 is 11.0. The fraction of sp³-hybridized carbons (Fsp3) is 0.250. The zero-order chi connectivity index (χ0) is 27.7. The minimum atomic E-state index is -1.27. The van der Waals surface area contributed by atoms with Gasteiger partial charge in [-0.3, -0.25) is 4.79 Å². The highest BCUT2D eigenvalue weighted by atomic mass is 16.6. The molecule has 1 fully saturated rings. The summed E-state index contributed by atoms with van der Waals surface area (Å²) in [5, 5.41) is 47.2. The van der Waals surface area contributed by atoms with Crippen LogP contribution < -0.4 is 10.6 Å². The molecule has 1 amide bonds. The minimum Gasteiger partial charge on any atom is -0.508 e. The lowest BCUT2D eigenvalue weighted by Gasteiger charge is -2.26. The number of hydrogen-bond donors (Lipinski definition) is 6. The molecule has 11 nitrogen and oxygen atoms in total. The zero-order valence-electron chi connectivity index (χ0n) is 20.6. The summed E-state index contributed by atoms with van der Waals surface area (Å²) in [5.41, 5.74) is 0.188. The van der Waals surface area contributed by atoms with Crippen LogP contribution in [0.4, 0.5) is 0 Å². The van der Waals surface area contributed by atoms with Gasteiger partial charge in [-0.15, -0.1) is 0 Å². The molecule has 0 aliphatic carbocycles. The Labute approximate surface area is 222 Å². The van der Waals surface area contributed by atoms with Gasteiger partial charge in [0.05, 0.1) is 28.3 Å². The monoisotopic (exact) mass is 534 g/mol. The fourth-order valence-electron chi connectivity index (χ4n) is 4.82. The molecule has 2 heterocycles. The van der Waals surface area contributed by atoms with Gasteiger partial charge in [0.1, 0.15) is 29.1 Å². The van der Waals surface area contributed by atoms with Crippen molar-refractivity contribution in [2.45, 2.75) is 31.1 Å². The van der Waals surface area contributed by atoms with Gasteiger partial charge in [-0.1, -0.05) is 6.07 Å². The van der Waals surface area contributed by atoms with E-state index in [1.807, 2.05) is 0 Å². The van der Waals surface area contributed by atoms with Crippen molar-refractivity contribution in [2.24, 2.45) is 0 Å². The first kappa shape index (κ1) is 25.9. The van der Waals surface area contributed by atoms with Crippen LogP contribution in [-0.4, -0.2) is 63.5 Å². The number of rotatable bonds is 5. The predicted octanol–water partition coefficient (Wildman–Crippen LogP) is 2.48. The van der Waals surface area contributed by atoms with Gasteiger partial charge in [0.25, 0.3) is 5.91 Å². The van der Waals surface area contributed by atoms with Crippen LogP contribution in [0, 0.1) is 0 Å². The van der Waals surface area contributed by atoms with Crippen molar-refractivity contribution in [1.82, 2.24) is 10.6 Å². The van der Waals surface area contributed by atoms with Crippen molar-refractivity contribution in [3.8, 4) is 23.0 Å². The molecule has 2 aliphatic heterocycles. The lowest BCUT2D eigenvalue weighted by atomic mass is 9.95. The first-order chi connectivity index (χ1) is 18.7. The first-order valence-electron chi connectivity index (χ1n) is 12.3. The van der Waals surface area contributed by atoms with Gasteiger partial charge in [0.2, 0.25) is 0 Å². The molecule has 39 heavy (non-hydrogen) atoms. The third-order valence-corrected chi connectivity index (χ3v) is 6.78. The summed E-state index contributed by atoms with van der Waals surface area (Å²) in [4.78, 5) is 38.1. The fourth-order valence-corrected chi connectivity index (χ4v) is 4.82. The quantitative estimate of drug-likeness (QED) is 0.267. The maximum Gasteiger partial charge on any atom is 0.339 e. The van der Waals surface area contributed by atoms with Crippen LogP contribution in [0.25, 0.3) is 0 Å². The van der Waals surface area contributed by atoms with E-state index in [0.29, 0.717) is 31.5 Å². The molecular formula is C28H26N2O9. The Kier molecular flexibility index (Phi) is 6.99. The molecule has 0 spiro atoms. The van der Waals surface area contributed by atoms with E-state index in [-0.39, 0.29) is 33.8 Å². The highest BCUT2D eigenvalue weighted by Crippen LogP contribution is 2.47. The Morgan fingerprint density at radius 2 is 1.64 bits per heavy atom. The van der Waals surface area contributed by atoms with Crippen LogP contribution in [0.15, 0.2) is 54.6 Å². The number of carbonyl (C=O) groups is 3. The van der Waals surface area contributed by atoms with Gasteiger partial charge in [0, 0.05) is 12.1 Å². The second kappa shape index (κ2) is 10.5. The molecule has 0 saturated carbocycles. The molecule has 5 rings (SSSR count). The molecule has 202 valence electrons. The molecule has 2 unspecified atom stereocenters. The van der Waals surface area contributed by atoms with Crippen molar-refractivity contribution >= 4 is 17.8 Å². The Hall–Kier alpha value is -4.77. The Morgan fingerprint density at radius 3 is 2.36 bits per heavy atom. The summed E-state index contributed by atoms with van der Waals surface area (Å²) in [6.07, 6.45) is -0.860. The number of phenolic OH excluding ortho intramolecular Hbond substituents is 4. The van der Waals surface area contributed by atoms with Crippen molar-refractivity contribution < 1.29 is 44.3 Å². The second-order valence-electron chi connectivity index (χ2n) is 9.37. The van der Waals surface area contributed by atoms with E-state index in [2.05, 4.69) is 10.6 Å². The maximum absolute atomic E-state index is 13.1. The number of ether oxygens (including phenoxy) is 2. The predicted molar refractivity (Wildman–Crippen MR) is 136 cm³/mol. The highest BCUT2D eigenvalue weighted by molar-refractivity contribution is 5.96. The molecule has 11 heteroatoms. The first-order valence-corrected chi connectivity index (χ1v) is 12.3. The molecule has 0 aromatic heterocycles. The standard InChI is InChI=1S/C28H26N2O9/c31-16-8-6-14(7-9-16)26(35)30-18-13-29-10-2-5-22(18)38-27(36)15-11-20(33)24(21(34)12-15)25-23-17(28(37)39-25)3-1-4-19(23)32/h1,3-4,6-9,11-12,18,22,25,29,31-34H,2,5,10,13H2,(H,30,35)/t18?,22-,25?/m1/s1. The summed E-state index contributed by atoms with van der Waals surface area (Å²) in [7, 11) is 0. The third-order valence-electron chi connectivity index (χ3n) is 6.78. The number of esters is 2. The van der Waals surface area contributed by atoms with E-state index in [0.717, 1.165) is 12.1 Å². The van der Waals surface area contributed by atoms with Gasteiger partial charge in [-0.25, -0.2) is 9.59 Å². The zero-order valence-corrected chi connectivity index (χ0v) is 20.6. The van der Waals surface area contributed by atoms with E-state index < -0.39 is 47.6 Å². The van der Waals surface area contributed by atoms with Crippen molar-refractivity contribution in [3.63, 3.8) is 0 Å². The van der Waals surface area contributed by atoms with Gasteiger partial charge in [0.15, 0.2) is 6.10 Å². The largest absolute Gasteiger partial charge is 0.508 e. The number of phenols is 4. The summed E-state index contributed by atoms with van der Waals surface area (Å²) in [6.45, 7) is 0.998. The van der Waals surface area contributed by atoms with Crippen LogP contribution in [0.2, 0.25) is 0 Å². The average molecular weight is 535 g/mol. The lowest BCUT2D eigenvalue weighted by molar-refractivity contribution is 0.0190. The van der Waals surface area contributed by atoms with Crippen molar-refractivity contribution in [2.75, 3.05) is 13.1 Å². The van der Waals surface area contributed by atoms with Gasteiger partial charge in [-0.2, -0.15) is 0 Å². The molecule has 3 aromatic rings. The summed E-state index contributed by atoms with van der Waals surface area (Å²) >= 11 is 0. The van der Waals surface area contributed by atoms with Crippen LogP contribution in [-0.2, 0) is 9.47 Å². The second-order valence-corrected chi connectivity index (χ2v) is 9.37. The van der Waals surface area contributed by atoms with E-state index >= 15 is 0 Å². The molecule has 3 atom stereocenters. The lowest BCUT2D eigenvalue weighted by Crippen LogP contribution is -2.49. The molecule has 2 aliphatic rings. The number of aromatic hydroxyl groups is 4. The summed E-state index contributed by atoms with van der Waals surface area (Å²) in [5.74, 6) is -3.25. The summed E-state index contributed by atoms with van der Waals surface area (Å²) in [6, 6.07) is 11.6. The molecule has 3 aromatic carbocycles. The van der Waals surface area contributed by atoms with E-state index in [1.54, 1.807) is 0 Å². The molecule has 6 N–H and O–H groups in total. The highest BCUT2D eigenvalue weighted by Gasteiger charge is 2.38. The number of benzene rings is 3. The molecule has 0 radical (unpaired) electrons. The van der Waals surface area contributed by atoms with E-state index in [4.69, 9.17) is 9.47 Å². The third kappa shape index (κ3) is 5.16. The average Bonchev–Trinajstić information content (AvgIpc) is 3.08. The number of carbonyl (C=O) groups excluding carboxylic acids is 3. The minimum absolute atomic E-state index is 0.0270.